The van der Waals surface area contributed by atoms with Crippen LogP contribution in [0.2, 0.25) is 0 Å². The van der Waals surface area contributed by atoms with Gasteiger partial charge in [-0.3, -0.25) is 14.3 Å². The molecule has 0 N–H and O–H groups in total. The number of rotatable bonds is 3. The van der Waals surface area contributed by atoms with Crippen molar-refractivity contribution in [1.82, 2.24) is 9.78 Å². The van der Waals surface area contributed by atoms with E-state index in [1.807, 2.05) is 0 Å². The Morgan fingerprint density at radius 2 is 2.14 bits per heavy atom. The molecular formula is C16H15FN2O3. The van der Waals surface area contributed by atoms with Gasteiger partial charge in [-0.25, -0.2) is 4.39 Å². The molecule has 22 heavy (non-hydrogen) atoms. The Hall–Kier alpha value is -2.50. The number of ether oxygens (including phenoxy) is 1. The zero-order valence-corrected chi connectivity index (χ0v) is 12.1. The van der Waals surface area contributed by atoms with E-state index in [4.69, 9.17) is 0 Å². The van der Waals surface area contributed by atoms with E-state index in [1.54, 1.807) is 18.2 Å². The molecule has 0 atom stereocenters. The van der Waals surface area contributed by atoms with Crippen LogP contribution < -0.4 is 0 Å². The van der Waals surface area contributed by atoms with Crippen LogP contribution in [-0.2, 0) is 22.5 Å². The number of Topliss-reactive ketones (excluding diaryl/α,β-unsaturated/α-hetero) is 1. The average Bonchev–Trinajstić information content (AvgIpc) is 2.87. The number of nitrogens with zero attached hydrogens (tertiary/aromatic N) is 2. The maximum absolute atomic E-state index is 14.1. The molecule has 0 radical (unpaired) electrons. The van der Waals surface area contributed by atoms with Gasteiger partial charge in [-0.05, 0) is 25.0 Å². The smallest absolute Gasteiger partial charge is 0.327 e. The zero-order chi connectivity index (χ0) is 15.7. The van der Waals surface area contributed by atoms with Crippen molar-refractivity contribution in [2.75, 3.05) is 7.11 Å². The summed E-state index contributed by atoms with van der Waals surface area (Å²) in [6.07, 6.45) is 1.76. The normalized spacial score (nSPS) is 13.8. The number of hydrogen-bond acceptors (Lipinski definition) is 4. The Balaban J connectivity index is 2.16. The molecule has 1 aliphatic carbocycles. The highest BCUT2D eigenvalue weighted by Crippen LogP contribution is 2.32. The van der Waals surface area contributed by atoms with Crippen LogP contribution in [0.1, 0.15) is 28.9 Å². The number of fused-ring (bicyclic) bond motifs is 1. The van der Waals surface area contributed by atoms with E-state index in [0.29, 0.717) is 36.2 Å². The Bertz CT molecular complexity index is 752. The summed E-state index contributed by atoms with van der Waals surface area (Å²) in [7, 11) is 1.29. The minimum absolute atomic E-state index is 0.0596. The number of benzene rings is 1. The Labute approximate surface area is 126 Å². The highest BCUT2D eigenvalue weighted by molar-refractivity contribution is 6.03. The van der Waals surface area contributed by atoms with E-state index in [-0.39, 0.29) is 17.9 Å². The molecule has 0 aliphatic heterocycles. The fourth-order valence-corrected chi connectivity index (χ4v) is 2.74. The lowest BCUT2D eigenvalue weighted by Gasteiger charge is -2.13. The first-order valence-electron chi connectivity index (χ1n) is 7.06. The van der Waals surface area contributed by atoms with Crippen molar-refractivity contribution in [2.24, 2.45) is 0 Å². The van der Waals surface area contributed by atoms with Crippen molar-refractivity contribution in [3.63, 3.8) is 0 Å². The molecule has 1 aliphatic rings. The number of aromatic nitrogens is 2. The third-order valence-corrected chi connectivity index (χ3v) is 3.79. The topological polar surface area (TPSA) is 61.2 Å². The molecule has 3 rings (SSSR count). The second kappa shape index (κ2) is 5.71. The summed E-state index contributed by atoms with van der Waals surface area (Å²) in [6, 6.07) is 6.19. The van der Waals surface area contributed by atoms with E-state index >= 15 is 0 Å². The maximum atomic E-state index is 14.1. The Kier molecular flexibility index (Phi) is 3.75. The van der Waals surface area contributed by atoms with Gasteiger partial charge in [0.15, 0.2) is 5.78 Å². The standard InChI is InChI=1S/C16H15FN2O3/c1-22-14(21)9-19-12-7-4-8-13(20)15(12)16(18-19)10-5-2-3-6-11(10)17/h2-3,5-6H,4,7-9H2,1H3. The van der Waals surface area contributed by atoms with Crippen molar-refractivity contribution in [3.05, 3.63) is 41.3 Å². The quantitative estimate of drug-likeness (QED) is 0.817. The minimum atomic E-state index is -0.455. The van der Waals surface area contributed by atoms with E-state index < -0.39 is 11.8 Å². The summed E-state index contributed by atoms with van der Waals surface area (Å²) in [5.41, 5.74) is 1.69. The Morgan fingerprint density at radius 1 is 1.36 bits per heavy atom. The predicted molar refractivity (Wildman–Crippen MR) is 76.9 cm³/mol. The molecular weight excluding hydrogens is 287 g/mol. The zero-order valence-electron chi connectivity index (χ0n) is 12.1. The number of methoxy groups -OCH3 is 1. The molecule has 6 heteroatoms. The van der Waals surface area contributed by atoms with Gasteiger partial charge in [0, 0.05) is 12.0 Å². The average molecular weight is 302 g/mol. The molecule has 0 amide bonds. The third-order valence-electron chi connectivity index (χ3n) is 3.79. The van der Waals surface area contributed by atoms with Crippen LogP contribution in [0.5, 0.6) is 0 Å². The second-order valence-electron chi connectivity index (χ2n) is 5.16. The molecule has 1 aromatic heterocycles. The van der Waals surface area contributed by atoms with E-state index in [1.165, 1.54) is 17.9 Å². The SMILES string of the molecule is COC(=O)Cn1nc(-c2ccccc2F)c2c1CCCC2=O. The summed E-state index contributed by atoms with van der Waals surface area (Å²) in [6.45, 7) is -0.0828. The summed E-state index contributed by atoms with van der Waals surface area (Å²) >= 11 is 0. The third kappa shape index (κ3) is 2.41. The van der Waals surface area contributed by atoms with Crippen LogP contribution in [0.4, 0.5) is 4.39 Å². The van der Waals surface area contributed by atoms with Crippen molar-refractivity contribution in [1.29, 1.82) is 0 Å². The fraction of sp³-hybridized carbons (Fsp3) is 0.312. The highest BCUT2D eigenvalue weighted by atomic mass is 19.1. The first kappa shape index (κ1) is 14.4. The first-order valence-corrected chi connectivity index (χ1v) is 7.06. The summed E-state index contributed by atoms with van der Waals surface area (Å²) in [5, 5.41) is 4.32. The molecule has 0 unspecified atom stereocenters. The molecule has 0 spiro atoms. The van der Waals surface area contributed by atoms with Crippen LogP contribution in [0, 0.1) is 5.82 Å². The Morgan fingerprint density at radius 3 is 2.86 bits per heavy atom. The van der Waals surface area contributed by atoms with E-state index in [2.05, 4.69) is 9.84 Å². The van der Waals surface area contributed by atoms with Gasteiger partial charge in [-0.2, -0.15) is 5.10 Å². The van der Waals surface area contributed by atoms with Crippen LogP contribution >= 0.6 is 0 Å². The largest absolute Gasteiger partial charge is 0.468 e. The number of hydrogen-bond donors (Lipinski definition) is 0. The minimum Gasteiger partial charge on any atom is -0.468 e. The molecule has 1 aromatic carbocycles. The molecule has 5 nitrogen and oxygen atoms in total. The van der Waals surface area contributed by atoms with Gasteiger partial charge in [0.05, 0.1) is 18.4 Å². The van der Waals surface area contributed by atoms with Crippen LogP contribution in [0.15, 0.2) is 24.3 Å². The van der Waals surface area contributed by atoms with Crippen molar-refractivity contribution >= 4 is 11.8 Å². The second-order valence-corrected chi connectivity index (χ2v) is 5.16. The van der Waals surface area contributed by atoms with Crippen LogP contribution in [-0.4, -0.2) is 28.6 Å². The summed E-state index contributed by atoms with van der Waals surface area (Å²) in [4.78, 5) is 23.8. The van der Waals surface area contributed by atoms with Crippen LogP contribution in [0.3, 0.4) is 0 Å². The number of halogens is 1. The summed E-state index contributed by atoms with van der Waals surface area (Å²) < 4.78 is 20.2. The predicted octanol–water partition coefficient (Wildman–Crippen LogP) is 2.38. The lowest BCUT2D eigenvalue weighted by atomic mass is 9.92. The molecule has 0 fully saturated rings. The van der Waals surface area contributed by atoms with E-state index in [0.717, 1.165) is 0 Å². The maximum Gasteiger partial charge on any atom is 0.327 e. The van der Waals surface area contributed by atoms with Crippen molar-refractivity contribution < 1.29 is 18.7 Å². The number of carbonyl (C=O) groups excluding carboxylic acids is 2. The monoisotopic (exact) mass is 302 g/mol. The molecule has 2 aromatic rings. The molecule has 114 valence electrons. The van der Waals surface area contributed by atoms with Gasteiger partial charge in [0.2, 0.25) is 0 Å². The molecule has 0 saturated carbocycles. The molecule has 0 saturated heterocycles. The van der Waals surface area contributed by atoms with Gasteiger partial charge in [-0.15, -0.1) is 0 Å². The highest BCUT2D eigenvalue weighted by Gasteiger charge is 2.29. The lowest BCUT2D eigenvalue weighted by Crippen LogP contribution is -2.18. The molecule has 0 bridgehead atoms. The lowest BCUT2D eigenvalue weighted by molar-refractivity contribution is -0.141. The van der Waals surface area contributed by atoms with Gasteiger partial charge in [-0.1, -0.05) is 12.1 Å². The van der Waals surface area contributed by atoms with Crippen LogP contribution in [0.25, 0.3) is 11.3 Å². The van der Waals surface area contributed by atoms with Gasteiger partial charge in [0.1, 0.15) is 18.1 Å². The van der Waals surface area contributed by atoms with Crippen molar-refractivity contribution in [3.8, 4) is 11.3 Å². The van der Waals surface area contributed by atoms with Gasteiger partial charge < -0.3 is 4.74 Å². The fourth-order valence-electron chi connectivity index (χ4n) is 2.74. The van der Waals surface area contributed by atoms with Gasteiger partial charge >= 0.3 is 5.97 Å². The van der Waals surface area contributed by atoms with Crippen molar-refractivity contribution in [2.45, 2.75) is 25.8 Å². The first-order chi connectivity index (χ1) is 10.6. The van der Waals surface area contributed by atoms with Gasteiger partial charge in [0.25, 0.3) is 0 Å². The number of carbonyl (C=O) groups is 2. The summed E-state index contributed by atoms with van der Waals surface area (Å²) in [5.74, 6) is -0.953. The van der Waals surface area contributed by atoms with E-state index in [9.17, 15) is 14.0 Å². The number of ketones is 1. The molecule has 1 heterocycles. The number of esters is 1.